The van der Waals surface area contributed by atoms with Gasteiger partial charge in [-0.15, -0.1) is 0 Å². The molecule has 1 aliphatic heterocycles. The van der Waals surface area contributed by atoms with Gasteiger partial charge < -0.3 is 4.90 Å². The molecule has 1 unspecified atom stereocenters. The molecule has 160 valence electrons. The van der Waals surface area contributed by atoms with Crippen LogP contribution >= 0.6 is 0 Å². The van der Waals surface area contributed by atoms with Crippen molar-refractivity contribution in [2.45, 2.75) is 5.41 Å². The smallest absolute Gasteiger partial charge is 0.193 e. The summed E-state index contributed by atoms with van der Waals surface area (Å²) in [6, 6.07) is 32.6. The number of carbonyl (C=O) groups excluding carboxylic acids is 1. The van der Waals surface area contributed by atoms with Gasteiger partial charge in [-0.1, -0.05) is 60.7 Å². The summed E-state index contributed by atoms with van der Waals surface area (Å²) in [5, 5.41) is 0. The Labute approximate surface area is 197 Å². The number of pyridine rings is 2. The molecule has 0 bridgehead atoms. The Morgan fingerprint density at radius 3 is 2.21 bits per heavy atom. The number of benzene rings is 3. The van der Waals surface area contributed by atoms with Gasteiger partial charge in [-0.2, -0.15) is 0 Å². The van der Waals surface area contributed by atoms with Crippen LogP contribution in [0.1, 0.15) is 38.3 Å². The van der Waals surface area contributed by atoms with Gasteiger partial charge >= 0.3 is 0 Å². The lowest BCUT2D eigenvalue weighted by atomic mass is 9.59. The fourth-order valence-corrected chi connectivity index (χ4v) is 5.70. The summed E-state index contributed by atoms with van der Waals surface area (Å²) in [5.74, 6) is 0.0269. The first-order valence-corrected chi connectivity index (χ1v) is 11.3. The second kappa shape index (κ2) is 6.96. The van der Waals surface area contributed by atoms with E-state index in [0.29, 0.717) is 11.1 Å². The molecule has 0 fully saturated rings. The highest BCUT2D eigenvalue weighted by Gasteiger charge is 2.52. The first kappa shape index (κ1) is 18.9. The Balaban J connectivity index is 1.69. The lowest BCUT2D eigenvalue weighted by molar-refractivity contribution is 0.103. The summed E-state index contributed by atoms with van der Waals surface area (Å²) >= 11 is 0. The van der Waals surface area contributed by atoms with Gasteiger partial charge in [0.1, 0.15) is 0 Å². The van der Waals surface area contributed by atoms with Crippen LogP contribution in [0.2, 0.25) is 0 Å². The molecule has 1 spiro atoms. The van der Waals surface area contributed by atoms with Crippen LogP contribution in [0.4, 0.5) is 17.1 Å². The van der Waals surface area contributed by atoms with Gasteiger partial charge in [0.05, 0.1) is 22.5 Å². The number of nitrogens with zero attached hydrogens (tertiary/aromatic N) is 3. The van der Waals surface area contributed by atoms with E-state index in [4.69, 9.17) is 4.98 Å². The predicted octanol–water partition coefficient (Wildman–Crippen LogP) is 6.19. The van der Waals surface area contributed by atoms with Crippen molar-refractivity contribution in [1.82, 2.24) is 9.97 Å². The van der Waals surface area contributed by atoms with Crippen LogP contribution < -0.4 is 4.90 Å². The quantitative estimate of drug-likeness (QED) is 0.307. The van der Waals surface area contributed by atoms with Crippen LogP contribution in [0.5, 0.6) is 0 Å². The van der Waals surface area contributed by atoms with E-state index in [1.807, 2.05) is 60.9 Å². The van der Waals surface area contributed by atoms with Crippen molar-refractivity contribution < 1.29 is 4.79 Å². The van der Waals surface area contributed by atoms with Gasteiger partial charge in [-0.05, 0) is 47.5 Å². The Hall–Kier alpha value is -4.57. The van der Waals surface area contributed by atoms with Crippen molar-refractivity contribution in [2.75, 3.05) is 4.90 Å². The van der Waals surface area contributed by atoms with Gasteiger partial charge in [0.25, 0.3) is 0 Å². The zero-order chi connectivity index (χ0) is 22.7. The lowest BCUT2D eigenvalue weighted by Gasteiger charge is -2.47. The van der Waals surface area contributed by atoms with E-state index in [2.05, 4.69) is 58.4 Å². The molecule has 1 atom stereocenters. The van der Waals surface area contributed by atoms with Gasteiger partial charge in [-0.25, -0.2) is 0 Å². The summed E-state index contributed by atoms with van der Waals surface area (Å²) < 4.78 is 0. The third-order valence-electron chi connectivity index (χ3n) is 6.99. The largest absolute Gasteiger partial charge is 0.308 e. The highest BCUT2D eigenvalue weighted by Crippen LogP contribution is 2.59. The van der Waals surface area contributed by atoms with Crippen LogP contribution in [0.15, 0.2) is 116 Å². The molecule has 1 aliphatic carbocycles. The standard InChI is InChI=1S/C30H19N3O/c34-28-21-11-4-5-12-23(21)30(25-19-31-18-16-22(25)28)24-13-6-7-14-26(24)33(20-9-2-1-3-10-20)27-15-8-17-32-29(27)30/h1-19H. The molecule has 0 N–H and O–H groups in total. The fourth-order valence-electron chi connectivity index (χ4n) is 5.70. The summed E-state index contributed by atoms with van der Waals surface area (Å²) in [7, 11) is 0. The van der Waals surface area contributed by atoms with E-state index in [1.54, 1.807) is 6.20 Å². The maximum absolute atomic E-state index is 13.6. The number of ketones is 1. The van der Waals surface area contributed by atoms with E-state index in [9.17, 15) is 4.79 Å². The fraction of sp³-hybridized carbons (Fsp3) is 0.0333. The average Bonchev–Trinajstić information content (AvgIpc) is 2.91. The molecule has 4 nitrogen and oxygen atoms in total. The van der Waals surface area contributed by atoms with E-state index < -0.39 is 5.41 Å². The van der Waals surface area contributed by atoms with E-state index in [0.717, 1.165) is 39.4 Å². The predicted molar refractivity (Wildman–Crippen MR) is 132 cm³/mol. The van der Waals surface area contributed by atoms with Gasteiger partial charge in [0.15, 0.2) is 5.78 Å². The van der Waals surface area contributed by atoms with Crippen LogP contribution in [0.25, 0.3) is 0 Å². The number of anilines is 3. The van der Waals surface area contributed by atoms with Crippen LogP contribution in [-0.4, -0.2) is 15.8 Å². The average molecular weight is 438 g/mol. The molecule has 2 aliphatic rings. The van der Waals surface area contributed by atoms with Crippen molar-refractivity contribution in [2.24, 2.45) is 0 Å². The third-order valence-corrected chi connectivity index (χ3v) is 6.99. The molecule has 5 aromatic rings. The Morgan fingerprint density at radius 1 is 0.618 bits per heavy atom. The van der Waals surface area contributed by atoms with E-state index in [1.165, 1.54) is 0 Å². The minimum atomic E-state index is -0.757. The van der Waals surface area contributed by atoms with Gasteiger partial charge in [-0.3, -0.25) is 14.8 Å². The zero-order valence-corrected chi connectivity index (χ0v) is 18.2. The maximum Gasteiger partial charge on any atom is 0.193 e. The molecule has 4 heteroatoms. The van der Waals surface area contributed by atoms with Crippen molar-refractivity contribution in [3.63, 3.8) is 0 Å². The van der Waals surface area contributed by atoms with Crippen LogP contribution in [0, 0.1) is 0 Å². The van der Waals surface area contributed by atoms with Crippen molar-refractivity contribution >= 4 is 22.8 Å². The number of rotatable bonds is 1. The minimum Gasteiger partial charge on any atom is -0.308 e. The topological polar surface area (TPSA) is 46.1 Å². The third kappa shape index (κ3) is 2.29. The summed E-state index contributed by atoms with van der Waals surface area (Å²) in [6.07, 6.45) is 5.38. The Kier molecular flexibility index (Phi) is 3.88. The molecule has 34 heavy (non-hydrogen) atoms. The molecule has 2 aromatic heterocycles. The van der Waals surface area contributed by atoms with Crippen molar-refractivity contribution in [3.05, 3.63) is 149 Å². The lowest BCUT2D eigenvalue weighted by Crippen LogP contribution is -2.43. The van der Waals surface area contributed by atoms with Crippen molar-refractivity contribution in [3.8, 4) is 0 Å². The molecule has 0 amide bonds. The molecular formula is C30H19N3O. The normalized spacial score (nSPS) is 17.5. The summed E-state index contributed by atoms with van der Waals surface area (Å²) in [5.41, 5.74) is 7.54. The van der Waals surface area contributed by atoms with Gasteiger partial charge in [0.2, 0.25) is 0 Å². The first-order chi connectivity index (χ1) is 16.8. The SMILES string of the molecule is O=C1c2ccccc2C2(c3cnccc31)c1ccccc1N(c1ccccc1)c1cccnc12. The molecule has 3 heterocycles. The summed E-state index contributed by atoms with van der Waals surface area (Å²) in [4.78, 5) is 25.3. The molecule has 0 radical (unpaired) electrons. The zero-order valence-electron chi connectivity index (χ0n) is 18.2. The second-order valence-corrected chi connectivity index (χ2v) is 8.61. The molecule has 3 aromatic carbocycles. The number of aromatic nitrogens is 2. The van der Waals surface area contributed by atoms with Gasteiger partial charge in [0, 0.05) is 41.0 Å². The number of para-hydroxylation sites is 2. The minimum absolute atomic E-state index is 0.0269. The van der Waals surface area contributed by atoms with E-state index in [-0.39, 0.29) is 5.78 Å². The Morgan fingerprint density at radius 2 is 1.32 bits per heavy atom. The molecule has 7 rings (SSSR count). The summed E-state index contributed by atoms with van der Waals surface area (Å²) in [6.45, 7) is 0. The maximum atomic E-state index is 13.6. The van der Waals surface area contributed by atoms with E-state index >= 15 is 0 Å². The molecule has 0 saturated carbocycles. The number of fused-ring (bicyclic) bond motifs is 8. The highest BCUT2D eigenvalue weighted by atomic mass is 16.1. The number of hydrogen-bond donors (Lipinski definition) is 0. The monoisotopic (exact) mass is 437 g/mol. The van der Waals surface area contributed by atoms with Crippen molar-refractivity contribution in [1.29, 1.82) is 0 Å². The highest BCUT2D eigenvalue weighted by molar-refractivity contribution is 6.14. The second-order valence-electron chi connectivity index (χ2n) is 8.61. The Bertz CT molecular complexity index is 1490. The number of hydrogen-bond acceptors (Lipinski definition) is 4. The molecular weight excluding hydrogens is 418 g/mol. The first-order valence-electron chi connectivity index (χ1n) is 11.3. The van der Waals surface area contributed by atoms with Crippen LogP contribution in [-0.2, 0) is 5.41 Å². The number of carbonyl (C=O) groups is 1. The van der Waals surface area contributed by atoms with Crippen LogP contribution in [0.3, 0.4) is 0 Å². The molecule has 0 saturated heterocycles.